The topological polar surface area (TPSA) is 65.4 Å². The maximum atomic E-state index is 12.6. The van der Waals surface area contributed by atoms with Gasteiger partial charge in [-0.15, -0.1) is 0 Å². The van der Waals surface area contributed by atoms with Crippen LogP contribution in [0.5, 0.6) is 5.75 Å². The third kappa shape index (κ3) is 3.85. The number of carbonyl (C=O) groups excluding carboxylic acids is 1. The van der Waals surface area contributed by atoms with Gasteiger partial charge in [-0.2, -0.15) is 0 Å². The highest BCUT2D eigenvalue weighted by atomic mass is 32.2. The number of Topliss-reactive ketones (excluding diaryl/α,β-unsaturated/α-hetero) is 1. The molecule has 1 aliphatic carbocycles. The molecule has 0 radical (unpaired) electrons. The molecule has 1 aromatic heterocycles. The van der Waals surface area contributed by atoms with E-state index in [1.54, 1.807) is 42.5 Å². The first-order chi connectivity index (χ1) is 13.9. The Morgan fingerprint density at radius 1 is 1.00 bits per heavy atom. The fourth-order valence-electron chi connectivity index (χ4n) is 3.63. The number of ether oxygens (including phenoxy) is 1. The number of aromatic nitrogens is 1. The van der Waals surface area contributed by atoms with E-state index in [1.807, 2.05) is 19.9 Å². The summed E-state index contributed by atoms with van der Waals surface area (Å²) in [6.45, 7) is 3.91. The van der Waals surface area contributed by atoms with Gasteiger partial charge in [0.2, 0.25) is 15.6 Å². The number of benzene rings is 2. The Morgan fingerprint density at radius 2 is 1.62 bits per heavy atom. The van der Waals surface area contributed by atoms with Crippen LogP contribution in [-0.2, 0) is 9.84 Å². The van der Waals surface area contributed by atoms with Crippen molar-refractivity contribution in [1.82, 2.24) is 4.57 Å². The summed E-state index contributed by atoms with van der Waals surface area (Å²) >= 11 is 0. The molecule has 2 aromatic carbocycles. The van der Waals surface area contributed by atoms with Gasteiger partial charge in [-0.25, -0.2) is 8.42 Å². The maximum Gasteiger partial charge on any atom is 0.206 e. The van der Waals surface area contributed by atoms with Crippen molar-refractivity contribution in [3.8, 4) is 5.75 Å². The molecule has 0 aliphatic heterocycles. The second-order valence-corrected chi connectivity index (χ2v) is 9.34. The minimum Gasteiger partial charge on any atom is -0.485 e. The standard InChI is InChI=1S/C23H23NO4S/c1-16-14-22(17(2)24(16)18-8-9-18)23(25)15-28-19-10-12-21(13-11-19)29(26,27)20-6-4-3-5-7-20/h3-7,10-14,18H,8-9,15H2,1-2H3. The van der Waals surface area contributed by atoms with Crippen LogP contribution in [-0.4, -0.2) is 25.4 Å². The molecular formula is C23H23NO4S. The number of carbonyl (C=O) groups is 1. The van der Waals surface area contributed by atoms with Gasteiger partial charge in [-0.1, -0.05) is 18.2 Å². The molecule has 1 saturated carbocycles. The van der Waals surface area contributed by atoms with Crippen molar-refractivity contribution in [2.24, 2.45) is 0 Å². The van der Waals surface area contributed by atoms with Crippen LogP contribution >= 0.6 is 0 Å². The fourth-order valence-corrected chi connectivity index (χ4v) is 4.91. The molecule has 0 saturated heterocycles. The Labute approximate surface area is 170 Å². The fraction of sp³-hybridized carbons (Fsp3) is 0.261. The van der Waals surface area contributed by atoms with E-state index in [0.717, 1.165) is 11.4 Å². The van der Waals surface area contributed by atoms with Crippen molar-refractivity contribution in [2.75, 3.05) is 6.61 Å². The van der Waals surface area contributed by atoms with Crippen LogP contribution in [0, 0.1) is 13.8 Å². The molecular weight excluding hydrogens is 386 g/mol. The molecule has 5 nitrogen and oxygen atoms in total. The average Bonchev–Trinajstić information content (AvgIpc) is 3.51. The number of hydrogen-bond donors (Lipinski definition) is 0. The molecule has 6 heteroatoms. The van der Waals surface area contributed by atoms with E-state index in [1.165, 1.54) is 25.0 Å². The van der Waals surface area contributed by atoms with E-state index in [-0.39, 0.29) is 22.2 Å². The largest absolute Gasteiger partial charge is 0.485 e. The highest BCUT2D eigenvalue weighted by molar-refractivity contribution is 7.91. The summed E-state index contributed by atoms with van der Waals surface area (Å²) in [6.07, 6.45) is 2.33. The second kappa shape index (κ2) is 7.52. The molecule has 1 heterocycles. The van der Waals surface area contributed by atoms with Gasteiger partial charge in [0, 0.05) is 23.0 Å². The Morgan fingerprint density at radius 3 is 2.24 bits per heavy atom. The van der Waals surface area contributed by atoms with Crippen molar-refractivity contribution in [3.05, 3.63) is 77.6 Å². The Hall–Kier alpha value is -2.86. The van der Waals surface area contributed by atoms with Gasteiger partial charge in [0.05, 0.1) is 9.79 Å². The summed E-state index contributed by atoms with van der Waals surface area (Å²) in [5.41, 5.74) is 2.78. The number of hydrogen-bond acceptors (Lipinski definition) is 4. The van der Waals surface area contributed by atoms with Gasteiger partial charge in [0.15, 0.2) is 6.61 Å². The highest BCUT2D eigenvalue weighted by Crippen LogP contribution is 2.38. The highest BCUT2D eigenvalue weighted by Gasteiger charge is 2.28. The minimum absolute atomic E-state index is 0.0778. The summed E-state index contributed by atoms with van der Waals surface area (Å²) in [6, 6.07) is 16.9. The van der Waals surface area contributed by atoms with E-state index in [2.05, 4.69) is 4.57 Å². The lowest BCUT2D eigenvalue weighted by atomic mass is 10.1. The molecule has 4 rings (SSSR count). The van der Waals surface area contributed by atoms with E-state index in [4.69, 9.17) is 4.74 Å². The second-order valence-electron chi connectivity index (χ2n) is 7.39. The van der Waals surface area contributed by atoms with E-state index in [0.29, 0.717) is 17.4 Å². The third-order valence-electron chi connectivity index (χ3n) is 5.25. The number of sulfone groups is 1. The molecule has 0 bridgehead atoms. The van der Waals surface area contributed by atoms with Crippen LogP contribution in [0.15, 0.2) is 70.5 Å². The molecule has 0 amide bonds. The average molecular weight is 410 g/mol. The van der Waals surface area contributed by atoms with Crippen LogP contribution in [0.3, 0.4) is 0 Å². The van der Waals surface area contributed by atoms with E-state index in [9.17, 15) is 13.2 Å². The predicted octanol–water partition coefficient (Wildman–Crippen LogP) is 4.53. The summed E-state index contributed by atoms with van der Waals surface area (Å²) < 4.78 is 33.1. The van der Waals surface area contributed by atoms with Crippen LogP contribution < -0.4 is 4.74 Å². The number of rotatable bonds is 7. The van der Waals surface area contributed by atoms with Crippen LogP contribution in [0.25, 0.3) is 0 Å². The molecule has 0 N–H and O–H groups in total. The Bertz CT molecular complexity index is 1140. The molecule has 3 aromatic rings. The van der Waals surface area contributed by atoms with Crippen molar-refractivity contribution in [1.29, 1.82) is 0 Å². The summed E-state index contributed by atoms with van der Waals surface area (Å²) in [7, 11) is -3.57. The molecule has 1 aliphatic rings. The predicted molar refractivity (Wildman–Crippen MR) is 110 cm³/mol. The van der Waals surface area contributed by atoms with Crippen LogP contribution in [0.4, 0.5) is 0 Å². The lowest BCUT2D eigenvalue weighted by molar-refractivity contribution is 0.0920. The Kier molecular flexibility index (Phi) is 5.04. The van der Waals surface area contributed by atoms with Gasteiger partial charge < -0.3 is 9.30 Å². The minimum atomic E-state index is -3.57. The monoisotopic (exact) mass is 409 g/mol. The first-order valence-corrected chi connectivity index (χ1v) is 11.1. The third-order valence-corrected chi connectivity index (χ3v) is 7.04. The quantitative estimate of drug-likeness (QED) is 0.538. The molecule has 0 atom stereocenters. The normalized spacial score (nSPS) is 14.0. The zero-order valence-electron chi connectivity index (χ0n) is 16.5. The van der Waals surface area contributed by atoms with Crippen LogP contribution in [0.1, 0.15) is 40.6 Å². The number of aryl methyl sites for hydroxylation is 1. The smallest absolute Gasteiger partial charge is 0.206 e. The van der Waals surface area contributed by atoms with Crippen molar-refractivity contribution >= 4 is 15.6 Å². The van der Waals surface area contributed by atoms with Crippen molar-refractivity contribution < 1.29 is 17.9 Å². The number of ketones is 1. The maximum absolute atomic E-state index is 12.6. The molecule has 0 unspecified atom stereocenters. The van der Waals surface area contributed by atoms with Gasteiger partial charge in [0.25, 0.3) is 0 Å². The van der Waals surface area contributed by atoms with Gasteiger partial charge in [0.1, 0.15) is 5.75 Å². The molecule has 1 fully saturated rings. The number of nitrogens with zero attached hydrogens (tertiary/aromatic N) is 1. The molecule has 29 heavy (non-hydrogen) atoms. The van der Waals surface area contributed by atoms with Gasteiger partial charge >= 0.3 is 0 Å². The first-order valence-electron chi connectivity index (χ1n) is 9.62. The zero-order chi connectivity index (χ0) is 20.6. The molecule has 150 valence electrons. The Balaban J connectivity index is 1.45. The van der Waals surface area contributed by atoms with Crippen molar-refractivity contribution in [3.63, 3.8) is 0 Å². The summed E-state index contributed by atoms with van der Waals surface area (Å²) in [4.78, 5) is 13.1. The zero-order valence-corrected chi connectivity index (χ0v) is 17.3. The lowest BCUT2D eigenvalue weighted by Gasteiger charge is -2.09. The van der Waals surface area contributed by atoms with Crippen molar-refractivity contribution in [2.45, 2.75) is 42.5 Å². The first kappa shape index (κ1) is 19.5. The van der Waals surface area contributed by atoms with Crippen LogP contribution in [0.2, 0.25) is 0 Å². The lowest BCUT2D eigenvalue weighted by Crippen LogP contribution is -2.13. The summed E-state index contributed by atoms with van der Waals surface area (Å²) in [5, 5.41) is 0. The van der Waals surface area contributed by atoms with E-state index < -0.39 is 9.84 Å². The molecule has 0 spiro atoms. The van der Waals surface area contributed by atoms with Gasteiger partial charge in [-0.3, -0.25) is 4.79 Å². The summed E-state index contributed by atoms with van der Waals surface area (Å²) in [5.74, 6) is 0.382. The van der Waals surface area contributed by atoms with E-state index >= 15 is 0 Å². The SMILES string of the molecule is Cc1cc(C(=O)COc2ccc(S(=O)(=O)c3ccccc3)cc2)c(C)n1C1CC1. The van der Waals surface area contributed by atoms with Gasteiger partial charge in [-0.05, 0) is 69.2 Å².